The Bertz CT molecular complexity index is 1000. The molecule has 3 aromatic heterocycles. The van der Waals surface area contributed by atoms with Gasteiger partial charge in [0.1, 0.15) is 15.8 Å². The molecule has 142 valence electrons. The van der Waals surface area contributed by atoms with E-state index < -0.39 is 22.9 Å². The van der Waals surface area contributed by atoms with E-state index in [2.05, 4.69) is 15.0 Å². The molecule has 1 unspecified atom stereocenters. The van der Waals surface area contributed by atoms with Gasteiger partial charge in [-0.1, -0.05) is 11.3 Å². The molecule has 27 heavy (non-hydrogen) atoms. The molecule has 1 saturated carbocycles. The van der Waals surface area contributed by atoms with E-state index in [1.807, 2.05) is 0 Å². The Hall–Kier alpha value is -2.11. The topological polar surface area (TPSA) is 114 Å². The summed E-state index contributed by atoms with van der Waals surface area (Å²) >= 11 is -0.480. The van der Waals surface area contributed by atoms with Crippen molar-refractivity contribution in [2.45, 2.75) is 34.9 Å². The van der Waals surface area contributed by atoms with Crippen LogP contribution in [0.5, 0.6) is 0 Å². The van der Waals surface area contributed by atoms with Crippen LogP contribution in [0.25, 0.3) is 21.5 Å². The molecule has 1 atom stereocenters. The first kappa shape index (κ1) is 18.3. The smallest absolute Gasteiger partial charge is 0.417 e. The predicted octanol–water partition coefficient (Wildman–Crippen LogP) is 3.60. The summed E-state index contributed by atoms with van der Waals surface area (Å²) in [4.78, 5) is 12.0. The average Bonchev–Trinajstić information content (AvgIpc) is 2.89. The second-order valence-corrected chi connectivity index (χ2v) is 9.14. The fourth-order valence-corrected chi connectivity index (χ4v) is 6.04. The van der Waals surface area contributed by atoms with Crippen LogP contribution in [-0.4, -0.2) is 24.8 Å². The van der Waals surface area contributed by atoms with E-state index in [0.29, 0.717) is 5.56 Å². The molecular formula is C16H14F3N5OS2. The first-order valence-corrected chi connectivity index (χ1v) is 10.1. The number of fused-ring (bicyclic) bond motifs is 1. The summed E-state index contributed by atoms with van der Waals surface area (Å²) in [6.45, 7) is 0. The van der Waals surface area contributed by atoms with Gasteiger partial charge in [-0.2, -0.15) is 13.2 Å². The van der Waals surface area contributed by atoms with Gasteiger partial charge in [-0.25, -0.2) is 15.0 Å². The van der Waals surface area contributed by atoms with Gasteiger partial charge in [0.2, 0.25) is 10.2 Å². The Morgan fingerprint density at radius 1 is 1.19 bits per heavy atom. The van der Waals surface area contributed by atoms with Gasteiger partial charge < -0.3 is 16.0 Å². The molecular weight excluding hydrogens is 399 g/mol. The highest BCUT2D eigenvalue weighted by atomic mass is 32.2. The molecule has 0 radical (unpaired) electrons. The first-order valence-electron chi connectivity index (χ1n) is 8.04. The highest BCUT2D eigenvalue weighted by Gasteiger charge is 2.39. The Balaban J connectivity index is 1.92. The van der Waals surface area contributed by atoms with Crippen LogP contribution in [0.3, 0.4) is 0 Å². The van der Waals surface area contributed by atoms with E-state index in [-0.39, 0.29) is 37.0 Å². The average molecular weight is 413 g/mol. The molecule has 0 amide bonds. The number of halogens is 3. The molecule has 0 aromatic carbocycles. The number of thiophene rings is 1. The summed E-state index contributed by atoms with van der Waals surface area (Å²) in [6.07, 6.45) is 0.507. The van der Waals surface area contributed by atoms with Crippen molar-refractivity contribution in [3.05, 3.63) is 24.0 Å². The lowest BCUT2D eigenvalue weighted by Gasteiger charge is -2.27. The van der Waals surface area contributed by atoms with E-state index in [1.54, 1.807) is 0 Å². The van der Waals surface area contributed by atoms with Gasteiger partial charge in [0.05, 0.1) is 16.6 Å². The van der Waals surface area contributed by atoms with Crippen LogP contribution in [-0.2, 0) is 17.4 Å². The number of aromatic nitrogens is 3. The van der Waals surface area contributed by atoms with Crippen LogP contribution in [0.15, 0.2) is 22.7 Å². The Labute approximate surface area is 159 Å². The van der Waals surface area contributed by atoms with Gasteiger partial charge in [0.25, 0.3) is 0 Å². The summed E-state index contributed by atoms with van der Waals surface area (Å²) < 4.78 is 54.0. The molecule has 11 heteroatoms. The van der Waals surface area contributed by atoms with Crippen molar-refractivity contribution >= 4 is 44.4 Å². The highest BCUT2D eigenvalue weighted by molar-refractivity contribution is 7.94. The summed E-state index contributed by atoms with van der Waals surface area (Å²) in [5.74, 6) is 0.00872. The standard InChI is InChI=1S/C16H14F3N5OS2/c17-16(18,19)9-4-10(7-5-22-15(21)23-6-7)24-13-11(9)12(20)14(26-13)27(25)8-2-1-3-8/h4-6,8H,1-3,20H2,(H2,21,22,23). The monoisotopic (exact) mass is 413 g/mol. The minimum atomic E-state index is -4.64. The number of hydrogen-bond acceptors (Lipinski definition) is 7. The van der Waals surface area contributed by atoms with Crippen LogP contribution >= 0.6 is 11.3 Å². The maximum atomic E-state index is 13.7. The van der Waals surface area contributed by atoms with Crippen molar-refractivity contribution in [1.29, 1.82) is 0 Å². The quantitative estimate of drug-likeness (QED) is 0.634. The van der Waals surface area contributed by atoms with Gasteiger partial charge in [-0.3, -0.25) is 0 Å². The zero-order chi connectivity index (χ0) is 19.3. The predicted molar refractivity (Wildman–Crippen MR) is 98.5 cm³/mol. The number of alkyl halides is 3. The fourth-order valence-electron chi connectivity index (χ4n) is 2.83. The summed E-state index contributed by atoms with van der Waals surface area (Å²) in [7, 11) is 0. The summed E-state index contributed by atoms with van der Waals surface area (Å²) in [6, 6.07) is 0.913. The molecule has 1 fully saturated rings. The van der Waals surface area contributed by atoms with Crippen LogP contribution in [0.4, 0.5) is 24.8 Å². The van der Waals surface area contributed by atoms with E-state index in [4.69, 9.17) is 11.5 Å². The lowest BCUT2D eigenvalue weighted by atomic mass is 10.0. The van der Waals surface area contributed by atoms with Gasteiger partial charge in [-0.05, 0) is 25.3 Å². The molecule has 1 aliphatic rings. The van der Waals surface area contributed by atoms with Crippen molar-refractivity contribution in [3.8, 4) is 11.3 Å². The van der Waals surface area contributed by atoms with Crippen LogP contribution in [0.1, 0.15) is 24.8 Å². The van der Waals surface area contributed by atoms with Gasteiger partial charge >= 0.3 is 6.18 Å². The Morgan fingerprint density at radius 3 is 2.41 bits per heavy atom. The molecule has 1 aliphatic carbocycles. The van der Waals surface area contributed by atoms with Crippen molar-refractivity contribution in [2.75, 3.05) is 11.5 Å². The van der Waals surface area contributed by atoms with Gasteiger partial charge in [-0.15, -0.1) is 0 Å². The molecule has 4 rings (SSSR count). The van der Waals surface area contributed by atoms with E-state index in [9.17, 15) is 17.7 Å². The minimum absolute atomic E-state index is 0.00872. The van der Waals surface area contributed by atoms with Crippen LogP contribution < -0.4 is 11.5 Å². The minimum Gasteiger partial charge on any atom is -0.611 e. The maximum absolute atomic E-state index is 13.7. The molecule has 3 heterocycles. The van der Waals surface area contributed by atoms with Crippen molar-refractivity contribution < 1.29 is 17.7 Å². The van der Waals surface area contributed by atoms with Gasteiger partial charge in [0.15, 0.2) is 0 Å². The van der Waals surface area contributed by atoms with Crippen LogP contribution in [0, 0.1) is 0 Å². The summed E-state index contributed by atoms with van der Waals surface area (Å²) in [5.41, 5.74) is 10.8. The molecule has 6 nitrogen and oxygen atoms in total. The summed E-state index contributed by atoms with van der Waals surface area (Å²) in [5, 5.41) is -0.255. The number of nitrogens with zero attached hydrogens (tertiary/aromatic N) is 3. The number of nitrogens with two attached hydrogens (primary N) is 2. The molecule has 4 N–H and O–H groups in total. The molecule has 0 saturated heterocycles. The van der Waals surface area contributed by atoms with Crippen molar-refractivity contribution in [1.82, 2.24) is 15.0 Å². The van der Waals surface area contributed by atoms with E-state index in [0.717, 1.165) is 36.7 Å². The highest BCUT2D eigenvalue weighted by Crippen LogP contribution is 2.46. The first-order chi connectivity index (χ1) is 12.8. The van der Waals surface area contributed by atoms with Crippen molar-refractivity contribution in [2.24, 2.45) is 0 Å². The number of nitrogen functional groups attached to an aromatic ring is 2. The molecule has 3 aromatic rings. The fraction of sp³-hybridized carbons (Fsp3) is 0.312. The lowest BCUT2D eigenvalue weighted by Crippen LogP contribution is -2.28. The molecule has 0 aliphatic heterocycles. The lowest BCUT2D eigenvalue weighted by molar-refractivity contribution is -0.136. The molecule has 0 bridgehead atoms. The number of rotatable bonds is 3. The van der Waals surface area contributed by atoms with Gasteiger partial charge in [0, 0.05) is 29.1 Å². The van der Waals surface area contributed by atoms with E-state index >= 15 is 0 Å². The largest absolute Gasteiger partial charge is 0.611 e. The second kappa shape index (κ2) is 6.50. The Kier molecular flexibility index (Phi) is 4.40. The maximum Gasteiger partial charge on any atom is 0.417 e. The third-order valence-electron chi connectivity index (χ3n) is 4.48. The third kappa shape index (κ3) is 3.19. The number of anilines is 2. The number of hydrogen-bond donors (Lipinski definition) is 2. The van der Waals surface area contributed by atoms with Crippen LogP contribution in [0.2, 0.25) is 0 Å². The zero-order valence-corrected chi connectivity index (χ0v) is 15.4. The second-order valence-electron chi connectivity index (χ2n) is 6.22. The van der Waals surface area contributed by atoms with E-state index in [1.165, 1.54) is 12.4 Å². The zero-order valence-electron chi connectivity index (χ0n) is 13.8. The SMILES string of the molecule is Nc1ncc(-c2cc(C(F)(F)F)c3c(N)c([S+]([O-])C4CCC4)sc3n2)cn1. The normalized spacial score (nSPS) is 16.4. The van der Waals surface area contributed by atoms with Crippen molar-refractivity contribution in [3.63, 3.8) is 0 Å². The molecule has 0 spiro atoms. The number of pyridine rings is 1. The Morgan fingerprint density at radius 2 is 1.85 bits per heavy atom. The third-order valence-corrected chi connectivity index (χ3v) is 7.77.